The monoisotopic (exact) mass is 522 g/mol. The number of aliphatic hydroxyl groups is 1. The van der Waals surface area contributed by atoms with Gasteiger partial charge in [0.15, 0.2) is 11.6 Å². The molecule has 0 unspecified atom stereocenters. The molecule has 2 aliphatic carbocycles. The summed E-state index contributed by atoms with van der Waals surface area (Å²) in [6.07, 6.45) is 13.7. The van der Waals surface area contributed by atoms with Crippen molar-refractivity contribution in [3.8, 4) is 0 Å². The molecule has 1 saturated carbocycles. The molecule has 0 aliphatic heterocycles. The van der Waals surface area contributed by atoms with Crippen LogP contribution in [0.1, 0.15) is 115 Å². The second kappa shape index (κ2) is 12.5. The first-order valence-corrected chi connectivity index (χ1v) is 14.6. The summed E-state index contributed by atoms with van der Waals surface area (Å²) >= 11 is 0. The minimum absolute atomic E-state index is 0.0530. The third kappa shape index (κ3) is 6.09. The summed E-state index contributed by atoms with van der Waals surface area (Å²) in [7, 11) is 0. The largest absolute Gasteiger partial charge is 0.391 e. The summed E-state index contributed by atoms with van der Waals surface area (Å²) in [5.74, 6) is -0.333. The number of Topliss-reactive ketones (excluding diaryl/α,β-unsaturated/α-hetero) is 2. The molecule has 38 heavy (non-hydrogen) atoms. The van der Waals surface area contributed by atoms with Gasteiger partial charge in [0.1, 0.15) is 5.41 Å². The number of aliphatic hydroxyl groups excluding tert-OH is 1. The second-order valence-electron chi connectivity index (χ2n) is 13.6. The molecule has 2 aliphatic rings. The summed E-state index contributed by atoms with van der Waals surface area (Å²) in [5.41, 5.74) is 2.53. The van der Waals surface area contributed by atoms with E-state index < -0.39 is 22.3 Å². The number of hydrogen-bond donors (Lipinski definition) is 1. The molecule has 1 fully saturated rings. The topological polar surface area (TPSA) is 54.4 Å². The Morgan fingerprint density at radius 3 is 1.97 bits per heavy atom. The molecular formula is C35H54O3. The molecule has 3 nitrogen and oxygen atoms in total. The lowest BCUT2D eigenvalue weighted by molar-refractivity contribution is -0.191. The van der Waals surface area contributed by atoms with Crippen molar-refractivity contribution in [3.05, 3.63) is 58.2 Å². The lowest BCUT2D eigenvalue weighted by Crippen LogP contribution is -2.71. The van der Waals surface area contributed by atoms with Crippen LogP contribution in [0.5, 0.6) is 0 Å². The maximum atomic E-state index is 15.0. The minimum atomic E-state index is -1.47. The Balaban J connectivity index is 2.99. The molecule has 212 valence electrons. The summed E-state index contributed by atoms with van der Waals surface area (Å²) in [5, 5.41) is 12.1. The van der Waals surface area contributed by atoms with E-state index in [9.17, 15) is 14.7 Å². The molecule has 0 saturated heterocycles. The van der Waals surface area contributed by atoms with Gasteiger partial charge < -0.3 is 5.11 Å². The smallest absolute Gasteiger partial charge is 0.175 e. The summed E-state index contributed by atoms with van der Waals surface area (Å²) in [4.78, 5) is 29.8. The number of rotatable bonds is 11. The summed E-state index contributed by atoms with van der Waals surface area (Å²) in [6, 6.07) is 0. The predicted molar refractivity (Wildman–Crippen MR) is 161 cm³/mol. The SMILES string of the molecule is CC(C)=CCC[C@]1(C)[C@@H](CC=C(C)C)C[C@]2(CC=C(C)C)C=C(CC=C(C)C)C(=O)[C@@]1([C@@H](O)C(C)C)C2=O. The zero-order valence-corrected chi connectivity index (χ0v) is 26.1. The van der Waals surface area contributed by atoms with Crippen molar-refractivity contribution in [1.82, 2.24) is 0 Å². The fourth-order valence-corrected chi connectivity index (χ4v) is 6.85. The third-order valence-electron chi connectivity index (χ3n) is 9.03. The van der Waals surface area contributed by atoms with E-state index in [1.807, 2.05) is 33.8 Å². The van der Waals surface area contributed by atoms with Gasteiger partial charge in [0, 0.05) is 0 Å². The zero-order valence-electron chi connectivity index (χ0n) is 26.1. The molecule has 0 aromatic rings. The van der Waals surface area contributed by atoms with E-state index in [0.29, 0.717) is 31.3 Å². The van der Waals surface area contributed by atoms with Gasteiger partial charge in [-0.15, -0.1) is 0 Å². The van der Waals surface area contributed by atoms with Crippen molar-refractivity contribution < 1.29 is 14.7 Å². The minimum Gasteiger partial charge on any atom is -0.391 e. The Morgan fingerprint density at radius 1 is 0.921 bits per heavy atom. The highest BCUT2D eigenvalue weighted by Gasteiger charge is 2.73. The molecule has 3 heteroatoms. The van der Waals surface area contributed by atoms with Gasteiger partial charge in [0.05, 0.1) is 11.5 Å². The van der Waals surface area contributed by atoms with E-state index >= 15 is 0 Å². The Kier molecular flexibility index (Phi) is 10.6. The van der Waals surface area contributed by atoms with Crippen LogP contribution in [0, 0.1) is 28.1 Å². The molecular weight excluding hydrogens is 468 g/mol. The summed E-state index contributed by atoms with van der Waals surface area (Å²) in [6.45, 7) is 22.6. The van der Waals surface area contributed by atoms with E-state index in [0.717, 1.165) is 24.0 Å². The number of hydrogen-bond acceptors (Lipinski definition) is 3. The first-order valence-electron chi connectivity index (χ1n) is 14.6. The highest BCUT2D eigenvalue weighted by Crippen LogP contribution is 2.67. The summed E-state index contributed by atoms with van der Waals surface area (Å²) < 4.78 is 0. The highest BCUT2D eigenvalue weighted by atomic mass is 16.3. The molecule has 5 atom stereocenters. The van der Waals surface area contributed by atoms with Gasteiger partial charge in [0.25, 0.3) is 0 Å². The Bertz CT molecular complexity index is 1050. The number of ketones is 2. The zero-order chi connectivity index (χ0) is 29.1. The van der Waals surface area contributed by atoms with Crippen LogP contribution in [-0.4, -0.2) is 22.8 Å². The van der Waals surface area contributed by atoms with Crippen LogP contribution in [-0.2, 0) is 9.59 Å². The van der Waals surface area contributed by atoms with Crippen LogP contribution in [0.15, 0.2) is 58.2 Å². The molecule has 2 rings (SSSR count). The van der Waals surface area contributed by atoms with E-state index in [1.165, 1.54) is 11.1 Å². The van der Waals surface area contributed by atoms with Crippen molar-refractivity contribution in [3.63, 3.8) is 0 Å². The maximum absolute atomic E-state index is 15.0. The molecule has 0 aromatic carbocycles. The fourth-order valence-electron chi connectivity index (χ4n) is 6.85. The normalized spacial score (nSPS) is 29.4. The number of fused-ring (bicyclic) bond motifs is 2. The van der Waals surface area contributed by atoms with Crippen LogP contribution in [0.3, 0.4) is 0 Å². The average Bonchev–Trinajstić information content (AvgIpc) is 2.80. The van der Waals surface area contributed by atoms with Crippen molar-refractivity contribution in [2.75, 3.05) is 0 Å². The fraction of sp³-hybridized carbons (Fsp3) is 0.657. The maximum Gasteiger partial charge on any atom is 0.175 e. The number of carbonyl (C=O) groups excluding carboxylic acids is 2. The van der Waals surface area contributed by atoms with E-state index in [2.05, 4.69) is 72.8 Å². The van der Waals surface area contributed by atoms with Crippen LogP contribution < -0.4 is 0 Å². The molecule has 0 aromatic heterocycles. The van der Waals surface area contributed by atoms with E-state index in [4.69, 9.17) is 0 Å². The number of allylic oxidation sites excluding steroid dienone is 10. The first kappa shape index (κ1) is 32.2. The quantitative estimate of drug-likeness (QED) is 0.218. The van der Waals surface area contributed by atoms with Crippen LogP contribution in [0.25, 0.3) is 0 Å². The average molecular weight is 523 g/mol. The van der Waals surface area contributed by atoms with Crippen LogP contribution in [0.2, 0.25) is 0 Å². The van der Waals surface area contributed by atoms with E-state index in [-0.39, 0.29) is 23.4 Å². The van der Waals surface area contributed by atoms with Crippen molar-refractivity contribution >= 4 is 11.6 Å². The molecule has 1 N–H and O–H groups in total. The Labute approximate surface area is 233 Å². The standard InChI is InChI=1S/C35H54O3/c1-23(2)13-12-19-33(11)29(17-15-25(5)6)22-34(20-18-26(7)8)21-28(16-14-24(3)4)31(37)35(33,32(34)38)30(36)27(9)10/h13-15,18,21,27,29-30,36H,12,16-17,19-20,22H2,1-11H3/t29-,30-,33+,34-,35-/m0/s1. The number of carbonyl (C=O) groups is 2. The van der Waals surface area contributed by atoms with Gasteiger partial charge in [-0.2, -0.15) is 0 Å². The van der Waals surface area contributed by atoms with Gasteiger partial charge in [-0.25, -0.2) is 0 Å². The second-order valence-corrected chi connectivity index (χ2v) is 13.6. The molecule has 0 spiro atoms. The van der Waals surface area contributed by atoms with Gasteiger partial charge in [-0.1, -0.05) is 73.4 Å². The van der Waals surface area contributed by atoms with Gasteiger partial charge in [-0.05, 0) is 117 Å². The van der Waals surface area contributed by atoms with Crippen molar-refractivity contribution in [2.45, 2.75) is 121 Å². The Morgan fingerprint density at radius 2 is 1.47 bits per heavy atom. The predicted octanol–water partition coefficient (Wildman–Crippen LogP) is 8.90. The van der Waals surface area contributed by atoms with Gasteiger partial charge in [0.2, 0.25) is 0 Å². The lowest BCUT2D eigenvalue weighted by atomic mass is 9.38. The Hall–Kier alpha value is -2.00. The first-order chi connectivity index (χ1) is 17.5. The van der Waals surface area contributed by atoms with Crippen LogP contribution >= 0.6 is 0 Å². The molecule has 0 heterocycles. The molecule has 2 bridgehead atoms. The highest BCUT2D eigenvalue weighted by molar-refractivity contribution is 6.21. The lowest BCUT2D eigenvalue weighted by Gasteiger charge is -2.63. The third-order valence-corrected chi connectivity index (χ3v) is 9.03. The molecule has 0 radical (unpaired) electrons. The van der Waals surface area contributed by atoms with E-state index in [1.54, 1.807) is 0 Å². The van der Waals surface area contributed by atoms with Gasteiger partial charge in [-0.3, -0.25) is 9.59 Å². The molecule has 0 amide bonds. The van der Waals surface area contributed by atoms with Gasteiger partial charge >= 0.3 is 0 Å². The van der Waals surface area contributed by atoms with Crippen molar-refractivity contribution in [2.24, 2.45) is 28.1 Å². The van der Waals surface area contributed by atoms with Crippen LogP contribution in [0.4, 0.5) is 0 Å². The van der Waals surface area contributed by atoms with Crippen molar-refractivity contribution in [1.29, 1.82) is 0 Å².